The maximum atomic E-state index is 3.56. The van der Waals surface area contributed by atoms with Gasteiger partial charge in [-0.15, -0.1) is 0 Å². The summed E-state index contributed by atoms with van der Waals surface area (Å²) in [5.41, 5.74) is 0. The molecule has 0 aromatic rings. The summed E-state index contributed by atoms with van der Waals surface area (Å²) in [4.78, 5) is 4.98. The molecule has 0 aromatic carbocycles. The molecule has 3 nitrogen and oxygen atoms in total. The molecule has 0 aliphatic carbocycles. The molecule has 1 aliphatic rings. The van der Waals surface area contributed by atoms with Crippen molar-refractivity contribution in [3.05, 3.63) is 0 Å². The van der Waals surface area contributed by atoms with Crippen molar-refractivity contribution in [1.82, 2.24) is 15.1 Å². The van der Waals surface area contributed by atoms with Gasteiger partial charge in [0.1, 0.15) is 0 Å². The fourth-order valence-electron chi connectivity index (χ4n) is 2.57. The summed E-state index contributed by atoms with van der Waals surface area (Å²) in [5.74, 6) is 1.54. The summed E-state index contributed by atoms with van der Waals surface area (Å²) in [7, 11) is 4.32. The number of rotatable bonds is 4. The smallest absolute Gasteiger partial charge is 0.00793 e. The molecule has 0 spiro atoms. The lowest BCUT2D eigenvalue weighted by molar-refractivity contribution is 0.130. The quantitative estimate of drug-likeness (QED) is 0.805. The molecule has 0 amide bonds. The molecule has 0 bridgehead atoms. The van der Waals surface area contributed by atoms with E-state index in [9.17, 15) is 0 Å². The molecule has 102 valence electrons. The van der Waals surface area contributed by atoms with Gasteiger partial charge in [0.25, 0.3) is 0 Å². The molecule has 0 saturated carbocycles. The summed E-state index contributed by atoms with van der Waals surface area (Å²) in [6.45, 7) is 13.1. The number of nitrogens with zero attached hydrogens (tertiary/aromatic N) is 2. The molecule has 1 fully saturated rings. The van der Waals surface area contributed by atoms with Crippen molar-refractivity contribution in [2.75, 3.05) is 46.8 Å². The predicted molar refractivity (Wildman–Crippen MR) is 75.4 cm³/mol. The van der Waals surface area contributed by atoms with Gasteiger partial charge in [-0.3, -0.25) is 4.90 Å². The van der Waals surface area contributed by atoms with Crippen LogP contribution in [-0.2, 0) is 0 Å². The van der Waals surface area contributed by atoms with Crippen LogP contribution in [0.25, 0.3) is 0 Å². The third-order valence-corrected chi connectivity index (χ3v) is 3.70. The molecule has 1 aliphatic heterocycles. The number of hydrogen-bond donors (Lipinski definition) is 1. The molecule has 3 unspecified atom stereocenters. The molecule has 3 heteroatoms. The Morgan fingerprint density at radius 3 is 2.18 bits per heavy atom. The van der Waals surface area contributed by atoms with Crippen LogP contribution < -0.4 is 5.32 Å². The predicted octanol–water partition coefficient (Wildman–Crippen LogP) is 1.50. The average Bonchev–Trinajstić information content (AvgIpc) is 2.22. The van der Waals surface area contributed by atoms with Gasteiger partial charge in [0.05, 0.1) is 0 Å². The van der Waals surface area contributed by atoms with Gasteiger partial charge in [0, 0.05) is 19.1 Å². The highest BCUT2D eigenvalue weighted by Crippen LogP contribution is 2.13. The summed E-state index contributed by atoms with van der Waals surface area (Å²) in [6, 6.07) is 0.709. The van der Waals surface area contributed by atoms with Crippen molar-refractivity contribution in [2.24, 2.45) is 11.8 Å². The minimum Gasteiger partial charge on any atom is -0.316 e. The van der Waals surface area contributed by atoms with E-state index in [0.717, 1.165) is 11.8 Å². The van der Waals surface area contributed by atoms with Crippen LogP contribution >= 0.6 is 0 Å². The monoisotopic (exact) mass is 241 g/mol. The van der Waals surface area contributed by atoms with E-state index in [2.05, 4.69) is 50.0 Å². The third kappa shape index (κ3) is 5.84. The second kappa shape index (κ2) is 7.34. The summed E-state index contributed by atoms with van der Waals surface area (Å²) >= 11 is 0. The molecular formula is C14H31N3. The van der Waals surface area contributed by atoms with Gasteiger partial charge in [-0.1, -0.05) is 13.8 Å². The van der Waals surface area contributed by atoms with Gasteiger partial charge >= 0.3 is 0 Å². The zero-order chi connectivity index (χ0) is 12.8. The lowest BCUT2D eigenvalue weighted by Gasteiger charge is -2.36. The first-order valence-electron chi connectivity index (χ1n) is 7.08. The molecular weight excluding hydrogens is 210 g/mol. The second-order valence-electron chi connectivity index (χ2n) is 6.26. The van der Waals surface area contributed by atoms with E-state index in [1.54, 1.807) is 0 Å². The van der Waals surface area contributed by atoms with Crippen molar-refractivity contribution in [1.29, 1.82) is 0 Å². The minimum atomic E-state index is 0.709. The third-order valence-electron chi connectivity index (χ3n) is 3.70. The Morgan fingerprint density at radius 2 is 1.71 bits per heavy atom. The van der Waals surface area contributed by atoms with Crippen LogP contribution in [0.5, 0.6) is 0 Å². The van der Waals surface area contributed by atoms with Gasteiger partial charge in [-0.2, -0.15) is 0 Å². The van der Waals surface area contributed by atoms with Gasteiger partial charge in [-0.05, 0) is 58.9 Å². The van der Waals surface area contributed by atoms with Crippen molar-refractivity contribution in [2.45, 2.75) is 33.2 Å². The zero-order valence-electron chi connectivity index (χ0n) is 12.4. The van der Waals surface area contributed by atoms with Crippen LogP contribution in [0.15, 0.2) is 0 Å². The van der Waals surface area contributed by atoms with Crippen molar-refractivity contribution >= 4 is 0 Å². The minimum absolute atomic E-state index is 0.709. The average molecular weight is 241 g/mol. The van der Waals surface area contributed by atoms with Crippen LogP contribution in [0, 0.1) is 11.8 Å². The zero-order valence-corrected chi connectivity index (χ0v) is 12.4. The summed E-state index contributed by atoms with van der Waals surface area (Å²) in [6.07, 6.45) is 1.28. The Labute approximate surface area is 108 Å². The highest BCUT2D eigenvalue weighted by Gasteiger charge is 2.21. The fourth-order valence-corrected chi connectivity index (χ4v) is 2.57. The largest absolute Gasteiger partial charge is 0.316 e. The number of hydrogen-bond acceptors (Lipinski definition) is 3. The van der Waals surface area contributed by atoms with E-state index in [1.165, 1.54) is 39.1 Å². The normalized spacial score (nSPS) is 30.0. The molecule has 1 rings (SSSR count). The molecule has 1 heterocycles. The maximum absolute atomic E-state index is 3.56. The second-order valence-corrected chi connectivity index (χ2v) is 6.26. The Hall–Kier alpha value is -0.120. The lowest BCUT2D eigenvalue weighted by atomic mass is 10.0. The Balaban J connectivity index is 2.45. The van der Waals surface area contributed by atoms with E-state index in [4.69, 9.17) is 0 Å². The Kier molecular flexibility index (Phi) is 6.45. The van der Waals surface area contributed by atoms with E-state index in [0.29, 0.717) is 6.04 Å². The highest BCUT2D eigenvalue weighted by molar-refractivity contribution is 4.77. The highest BCUT2D eigenvalue weighted by atomic mass is 15.2. The first-order valence-corrected chi connectivity index (χ1v) is 7.08. The molecule has 0 aromatic heterocycles. The van der Waals surface area contributed by atoms with E-state index in [-0.39, 0.29) is 0 Å². The topological polar surface area (TPSA) is 18.5 Å². The summed E-state index contributed by atoms with van der Waals surface area (Å²) < 4.78 is 0. The Morgan fingerprint density at radius 1 is 1.18 bits per heavy atom. The Bertz CT molecular complexity index is 194. The van der Waals surface area contributed by atoms with E-state index in [1.807, 2.05) is 0 Å². The SMILES string of the molecule is CC1CNCC(C)CN(C(C)CCN(C)C)C1. The van der Waals surface area contributed by atoms with Crippen molar-refractivity contribution < 1.29 is 0 Å². The molecule has 1 N–H and O–H groups in total. The molecule has 1 saturated heterocycles. The fraction of sp³-hybridized carbons (Fsp3) is 1.00. The summed E-state index contributed by atoms with van der Waals surface area (Å²) in [5, 5.41) is 3.56. The van der Waals surface area contributed by atoms with Crippen LogP contribution in [0.2, 0.25) is 0 Å². The van der Waals surface area contributed by atoms with Crippen LogP contribution in [0.3, 0.4) is 0 Å². The molecule has 3 atom stereocenters. The van der Waals surface area contributed by atoms with Gasteiger partial charge in [0.15, 0.2) is 0 Å². The lowest BCUT2D eigenvalue weighted by Crippen LogP contribution is -2.46. The van der Waals surface area contributed by atoms with Crippen molar-refractivity contribution in [3.8, 4) is 0 Å². The van der Waals surface area contributed by atoms with Crippen LogP contribution in [0.1, 0.15) is 27.2 Å². The first-order chi connectivity index (χ1) is 7.99. The molecule has 0 radical (unpaired) electrons. The van der Waals surface area contributed by atoms with Gasteiger partial charge in [0.2, 0.25) is 0 Å². The van der Waals surface area contributed by atoms with Crippen LogP contribution in [-0.4, -0.2) is 62.7 Å². The van der Waals surface area contributed by atoms with E-state index < -0.39 is 0 Å². The van der Waals surface area contributed by atoms with Gasteiger partial charge in [-0.25, -0.2) is 0 Å². The first kappa shape index (κ1) is 14.9. The standard InChI is InChI=1S/C14H31N3/c1-12-8-15-9-13(2)11-17(10-12)14(3)6-7-16(4)5/h12-15H,6-11H2,1-5H3. The number of nitrogens with one attached hydrogen (secondary N) is 1. The van der Waals surface area contributed by atoms with E-state index >= 15 is 0 Å². The molecule has 17 heavy (non-hydrogen) atoms. The van der Waals surface area contributed by atoms with Gasteiger partial charge < -0.3 is 10.2 Å². The van der Waals surface area contributed by atoms with Crippen LogP contribution in [0.4, 0.5) is 0 Å². The maximum Gasteiger partial charge on any atom is 0.00793 e. The van der Waals surface area contributed by atoms with Crippen molar-refractivity contribution in [3.63, 3.8) is 0 Å².